The monoisotopic (exact) mass is 818 g/mol. The lowest BCUT2D eigenvalue weighted by Crippen LogP contribution is -2.62. The lowest BCUT2D eigenvalue weighted by molar-refractivity contribution is -0.310. The molecule has 11 heteroatoms. The summed E-state index contributed by atoms with van der Waals surface area (Å²) in [5, 5.41) is 4.89. The molecule has 5 aromatic carbocycles. The Hall–Kier alpha value is -5.43. The maximum Gasteiger partial charge on any atom is 0.239 e. The van der Waals surface area contributed by atoms with Gasteiger partial charge in [-0.25, -0.2) is 4.39 Å². The Balaban J connectivity index is 1.28. The van der Waals surface area contributed by atoms with Gasteiger partial charge in [0.05, 0.1) is 40.1 Å². The van der Waals surface area contributed by atoms with Crippen LogP contribution in [0.15, 0.2) is 133 Å². The van der Waals surface area contributed by atoms with Gasteiger partial charge in [0, 0.05) is 23.7 Å². The summed E-state index contributed by atoms with van der Waals surface area (Å²) in [4.78, 5) is 0. The van der Waals surface area contributed by atoms with Gasteiger partial charge in [0.2, 0.25) is 18.0 Å². The van der Waals surface area contributed by atoms with Crippen LogP contribution in [0.2, 0.25) is 0 Å². The predicted octanol–water partition coefficient (Wildman–Crippen LogP) is 9.73. The van der Waals surface area contributed by atoms with Gasteiger partial charge in [-0.3, -0.25) is 4.68 Å². The minimum absolute atomic E-state index is 0.0107. The van der Waals surface area contributed by atoms with Crippen LogP contribution >= 0.6 is 0 Å². The maximum absolute atomic E-state index is 15.5. The summed E-state index contributed by atoms with van der Waals surface area (Å²) in [6, 6.07) is 42.4. The average molecular weight is 819 g/mol. The molecule has 0 saturated carbocycles. The third-order valence-electron chi connectivity index (χ3n) is 10.5. The molecule has 2 heterocycles. The van der Waals surface area contributed by atoms with E-state index in [-0.39, 0.29) is 56.1 Å². The molecule has 0 bridgehead atoms. The van der Waals surface area contributed by atoms with Gasteiger partial charge in [-0.15, -0.1) is 5.10 Å². The number of hydrogen-bond acceptors (Lipinski definition) is 8. The van der Waals surface area contributed by atoms with Crippen molar-refractivity contribution >= 4 is 0 Å². The van der Waals surface area contributed by atoms with Crippen molar-refractivity contribution in [2.75, 3.05) is 13.7 Å². The van der Waals surface area contributed by atoms with Crippen molar-refractivity contribution in [3.63, 3.8) is 0 Å². The summed E-state index contributed by atoms with van der Waals surface area (Å²) in [6.45, 7) is 7.08. The van der Waals surface area contributed by atoms with Gasteiger partial charge < -0.3 is 33.2 Å². The molecule has 1 aromatic heterocycles. The van der Waals surface area contributed by atoms with Gasteiger partial charge in [-0.05, 0) is 54.7 Å². The molecule has 0 N–H and O–H groups in total. The second kappa shape index (κ2) is 20.7. The van der Waals surface area contributed by atoms with E-state index in [1.165, 1.54) is 19.2 Å². The Morgan fingerprint density at radius 3 is 1.65 bits per heavy atom. The second-order valence-electron chi connectivity index (χ2n) is 15.1. The zero-order valence-corrected chi connectivity index (χ0v) is 34.4. The smallest absolute Gasteiger partial charge is 0.239 e. The fourth-order valence-corrected chi connectivity index (χ4v) is 7.34. The molecular formula is C49H52F2N2O7. The fraction of sp³-hybridized carbons (Fsp3) is 0.327. The van der Waals surface area contributed by atoms with Crippen LogP contribution in [0.4, 0.5) is 8.78 Å². The van der Waals surface area contributed by atoms with Gasteiger partial charge in [0.25, 0.3) is 0 Å². The zero-order chi connectivity index (χ0) is 41.8. The number of rotatable bonds is 19. The molecular weight excluding hydrogens is 767 g/mol. The SMILES string of the molecule is COc1ccc(Cc2c(O[C@@H]3OC(COCc4ccccc4)[C@@H](OCc4ccccc4)[C@H](OCc4ccccc4)[C@H]3OCc3ccccc3)nn(C(C)C)c2C)c(F)c1F. The molecule has 314 valence electrons. The molecule has 1 aliphatic rings. The lowest BCUT2D eigenvalue weighted by atomic mass is 9.97. The lowest BCUT2D eigenvalue weighted by Gasteiger charge is -2.45. The molecule has 5 atom stereocenters. The quantitative estimate of drug-likeness (QED) is 0.0800. The molecule has 9 nitrogen and oxygen atoms in total. The summed E-state index contributed by atoms with van der Waals surface area (Å²) in [5.74, 6) is -2.04. The van der Waals surface area contributed by atoms with Crippen molar-refractivity contribution < 1.29 is 41.9 Å². The van der Waals surface area contributed by atoms with Crippen molar-refractivity contribution in [1.29, 1.82) is 0 Å². The fourth-order valence-electron chi connectivity index (χ4n) is 7.34. The van der Waals surface area contributed by atoms with Crippen LogP contribution in [-0.2, 0) is 56.5 Å². The van der Waals surface area contributed by atoms with E-state index in [4.69, 9.17) is 38.3 Å². The Bertz CT molecular complexity index is 2230. The molecule has 0 amide bonds. The van der Waals surface area contributed by atoms with Crippen molar-refractivity contribution in [3.05, 3.63) is 184 Å². The first-order valence-corrected chi connectivity index (χ1v) is 20.3. The third kappa shape index (κ3) is 10.7. The van der Waals surface area contributed by atoms with E-state index in [0.29, 0.717) is 12.2 Å². The Kier molecular flexibility index (Phi) is 14.7. The topological polar surface area (TPSA) is 82.4 Å². The van der Waals surface area contributed by atoms with Gasteiger partial charge in [0.1, 0.15) is 24.4 Å². The summed E-state index contributed by atoms with van der Waals surface area (Å²) in [5.41, 5.74) is 5.30. The Morgan fingerprint density at radius 1 is 0.633 bits per heavy atom. The molecule has 1 aliphatic heterocycles. The number of hydrogen-bond donors (Lipinski definition) is 0. The van der Waals surface area contributed by atoms with Crippen molar-refractivity contribution in [3.8, 4) is 11.6 Å². The molecule has 1 fully saturated rings. The van der Waals surface area contributed by atoms with Crippen LogP contribution in [0.25, 0.3) is 0 Å². The van der Waals surface area contributed by atoms with Crippen molar-refractivity contribution in [2.45, 2.75) is 90.4 Å². The summed E-state index contributed by atoms with van der Waals surface area (Å²) >= 11 is 0. The summed E-state index contributed by atoms with van der Waals surface area (Å²) in [6.07, 6.45) is -4.12. The van der Waals surface area contributed by atoms with E-state index in [9.17, 15) is 0 Å². The van der Waals surface area contributed by atoms with E-state index in [1.807, 2.05) is 142 Å². The van der Waals surface area contributed by atoms with Crippen LogP contribution in [0.5, 0.6) is 11.6 Å². The molecule has 7 rings (SSSR count). The summed E-state index contributed by atoms with van der Waals surface area (Å²) in [7, 11) is 1.30. The maximum atomic E-state index is 15.5. The van der Waals surface area contributed by atoms with E-state index < -0.39 is 42.3 Å². The highest BCUT2D eigenvalue weighted by atomic mass is 19.2. The number of halogens is 2. The van der Waals surface area contributed by atoms with Gasteiger partial charge in [-0.1, -0.05) is 127 Å². The van der Waals surface area contributed by atoms with Crippen LogP contribution < -0.4 is 9.47 Å². The Labute approximate surface area is 350 Å². The van der Waals surface area contributed by atoms with E-state index in [0.717, 1.165) is 27.9 Å². The highest BCUT2D eigenvalue weighted by Gasteiger charge is 2.50. The number of aromatic nitrogens is 2. The minimum atomic E-state index is -1.11. The van der Waals surface area contributed by atoms with E-state index in [2.05, 4.69) is 0 Å². The highest BCUT2D eigenvalue weighted by Crippen LogP contribution is 2.36. The molecule has 0 radical (unpaired) electrons. The zero-order valence-electron chi connectivity index (χ0n) is 34.4. The van der Waals surface area contributed by atoms with E-state index in [1.54, 1.807) is 4.68 Å². The first kappa shape index (κ1) is 42.7. The largest absolute Gasteiger partial charge is 0.494 e. The third-order valence-corrected chi connectivity index (χ3v) is 10.5. The van der Waals surface area contributed by atoms with Gasteiger partial charge >= 0.3 is 0 Å². The standard InChI is InChI=1S/C49H52F2N2O7/c1-33(2)53-34(3)40(27-39-25-26-41(54-4)44(51)43(39)50)48(52-53)60-49-47(58-31-38-23-15-8-16-24-38)46(57-30-37-21-13-7-14-22-37)45(56-29-36-19-11-6-12-20-36)42(59-49)32-55-28-35-17-9-5-10-18-35/h5-26,33,42,45-47,49H,27-32H2,1-4H3/t42?,45-,46+,47-,49+/m1/s1. The van der Waals surface area contributed by atoms with Crippen LogP contribution in [0.1, 0.15) is 59.0 Å². The summed E-state index contributed by atoms with van der Waals surface area (Å²) < 4.78 is 78.0. The molecule has 1 unspecified atom stereocenters. The Morgan fingerprint density at radius 2 is 1.13 bits per heavy atom. The van der Waals surface area contributed by atoms with Crippen molar-refractivity contribution in [2.24, 2.45) is 0 Å². The minimum Gasteiger partial charge on any atom is -0.494 e. The predicted molar refractivity (Wildman–Crippen MR) is 224 cm³/mol. The highest BCUT2D eigenvalue weighted by molar-refractivity contribution is 5.40. The number of ether oxygens (including phenoxy) is 7. The normalized spacial score (nSPS) is 19.1. The van der Waals surface area contributed by atoms with Crippen molar-refractivity contribution in [1.82, 2.24) is 9.78 Å². The number of benzene rings is 5. The van der Waals surface area contributed by atoms with Crippen LogP contribution in [0, 0.1) is 18.6 Å². The molecule has 0 spiro atoms. The first-order chi connectivity index (χ1) is 29.3. The molecule has 1 saturated heterocycles. The number of methoxy groups -OCH3 is 1. The van der Waals surface area contributed by atoms with Crippen LogP contribution in [0.3, 0.4) is 0 Å². The number of nitrogens with zero attached hydrogens (tertiary/aromatic N) is 2. The van der Waals surface area contributed by atoms with Gasteiger partial charge in [-0.2, -0.15) is 4.39 Å². The molecule has 60 heavy (non-hydrogen) atoms. The molecule has 0 aliphatic carbocycles. The first-order valence-electron chi connectivity index (χ1n) is 20.3. The van der Waals surface area contributed by atoms with E-state index >= 15 is 8.78 Å². The van der Waals surface area contributed by atoms with Gasteiger partial charge in [0.15, 0.2) is 11.6 Å². The second-order valence-corrected chi connectivity index (χ2v) is 15.1. The van der Waals surface area contributed by atoms with Crippen LogP contribution in [-0.4, -0.2) is 54.2 Å². The average Bonchev–Trinajstić information content (AvgIpc) is 3.58. The molecule has 6 aromatic rings.